The molecule has 1 aromatic carbocycles. The standard InChI is InChI=1S/C21H32NO3/c1-22(2)14-8-11-17(22)15-25-21(24)20(23)19-13-7-6-12-18(19)16-9-4-3-5-10-16/h6-7,12-13,16-17,20,23H,3-5,8-11,14-15H2,1-2H3/q+1. The molecule has 0 amide bonds. The van der Waals surface area contributed by atoms with E-state index < -0.39 is 12.1 Å². The van der Waals surface area contributed by atoms with Gasteiger partial charge in [0.15, 0.2) is 6.10 Å². The summed E-state index contributed by atoms with van der Waals surface area (Å²) >= 11 is 0. The quantitative estimate of drug-likeness (QED) is 0.655. The largest absolute Gasteiger partial charge is 0.457 e. The minimum absolute atomic E-state index is 0.338. The minimum atomic E-state index is -1.17. The fraction of sp³-hybridized carbons (Fsp3) is 0.667. The number of esters is 1. The molecule has 0 aromatic heterocycles. The van der Waals surface area contributed by atoms with Crippen molar-refractivity contribution < 1.29 is 19.1 Å². The number of hydrogen-bond acceptors (Lipinski definition) is 3. The zero-order chi connectivity index (χ0) is 17.9. The van der Waals surface area contributed by atoms with Crippen LogP contribution in [0.5, 0.6) is 0 Å². The fourth-order valence-electron chi connectivity index (χ4n) is 4.48. The van der Waals surface area contributed by atoms with Crippen LogP contribution in [0.2, 0.25) is 0 Å². The average molecular weight is 346 g/mol. The normalized spacial score (nSPS) is 24.8. The summed E-state index contributed by atoms with van der Waals surface area (Å²) in [5.41, 5.74) is 1.86. The van der Waals surface area contributed by atoms with Crippen molar-refractivity contribution in [2.75, 3.05) is 27.2 Å². The molecule has 1 aliphatic carbocycles. The highest BCUT2D eigenvalue weighted by Crippen LogP contribution is 2.36. The molecule has 1 saturated heterocycles. The zero-order valence-corrected chi connectivity index (χ0v) is 15.6. The second-order valence-corrected chi connectivity index (χ2v) is 8.29. The number of hydrogen-bond donors (Lipinski definition) is 1. The van der Waals surface area contributed by atoms with E-state index >= 15 is 0 Å². The van der Waals surface area contributed by atoms with Crippen LogP contribution in [0.25, 0.3) is 0 Å². The Labute approximate surface area is 151 Å². The minimum Gasteiger partial charge on any atom is -0.457 e. The summed E-state index contributed by atoms with van der Waals surface area (Å²) in [7, 11) is 4.36. The first-order valence-electron chi connectivity index (χ1n) is 9.75. The number of rotatable bonds is 5. The average Bonchev–Trinajstić information content (AvgIpc) is 2.98. The molecule has 2 atom stereocenters. The van der Waals surface area contributed by atoms with Crippen LogP contribution < -0.4 is 0 Å². The van der Waals surface area contributed by atoms with Crippen molar-refractivity contribution in [2.24, 2.45) is 0 Å². The van der Waals surface area contributed by atoms with Crippen LogP contribution >= 0.6 is 0 Å². The summed E-state index contributed by atoms with van der Waals surface area (Å²) in [4.78, 5) is 12.5. The van der Waals surface area contributed by atoms with Gasteiger partial charge < -0.3 is 14.3 Å². The molecule has 4 heteroatoms. The Balaban J connectivity index is 1.66. The molecule has 0 spiro atoms. The van der Waals surface area contributed by atoms with Crippen molar-refractivity contribution in [3.63, 3.8) is 0 Å². The molecule has 2 unspecified atom stereocenters. The second kappa shape index (κ2) is 7.88. The van der Waals surface area contributed by atoms with E-state index in [1.54, 1.807) is 0 Å². The molecular formula is C21H32NO3+. The third kappa shape index (κ3) is 4.24. The molecule has 1 aromatic rings. The predicted octanol–water partition coefficient (Wildman–Crippen LogP) is 3.55. The van der Waals surface area contributed by atoms with Crippen molar-refractivity contribution in [2.45, 2.75) is 63.0 Å². The van der Waals surface area contributed by atoms with Crippen molar-refractivity contribution in [3.05, 3.63) is 35.4 Å². The molecule has 0 radical (unpaired) electrons. The van der Waals surface area contributed by atoms with Gasteiger partial charge in [-0.05, 0) is 29.9 Å². The van der Waals surface area contributed by atoms with E-state index in [9.17, 15) is 9.90 Å². The third-order valence-corrected chi connectivity index (χ3v) is 6.24. The van der Waals surface area contributed by atoms with Gasteiger partial charge in [0.05, 0.1) is 20.6 Å². The van der Waals surface area contributed by atoms with E-state index in [4.69, 9.17) is 4.74 Å². The smallest absolute Gasteiger partial charge is 0.339 e. The number of ether oxygens (including phenoxy) is 1. The number of carbonyl (C=O) groups excluding carboxylic acids is 1. The molecular weight excluding hydrogens is 314 g/mol. The maximum atomic E-state index is 12.5. The molecule has 2 fully saturated rings. The van der Waals surface area contributed by atoms with E-state index in [0.29, 0.717) is 18.6 Å². The zero-order valence-electron chi connectivity index (χ0n) is 15.6. The Morgan fingerprint density at radius 1 is 1.16 bits per heavy atom. The predicted molar refractivity (Wildman–Crippen MR) is 98.2 cm³/mol. The van der Waals surface area contributed by atoms with Crippen molar-refractivity contribution in [1.82, 2.24) is 0 Å². The highest BCUT2D eigenvalue weighted by molar-refractivity contribution is 5.76. The van der Waals surface area contributed by atoms with Crippen LogP contribution in [0, 0.1) is 0 Å². The molecule has 3 rings (SSSR count). The lowest BCUT2D eigenvalue weighted by Gasteiger charge is -2.31. The molecule has 2 aliphatic rings. The van der Waals surface area contributed by atoms with E-state index in [0.717, 1.165) is 41.4 Å². The van der Waals surface area contributed by atoms with Gasteiger partial charge in [-0.25, -0.2) is 4.79 Å². The first-order chi connectivity index (χ1) is 12.0. The highest BCUT2D eigenvalue weighted by Gasteiger charge is 2.35. The summed E-state index contributed by atoms with van der Waals surface area (Å²) in [5.74, 6) is -0.0482. The van der Waals surface area contributed by atoms with Gasteiger partial charge >= 0.3 is 5.97 Å². The van der Waals surface area contributed by atoms with Crippen LogP contribution in [-0.4, -0.2) is 48.8 Å². The lowest BCUT2D eigenvalue weighted by Crippen LogP contribution is -2.46. The van der Waals surface area contributed by atoms with Gasteiger partial charge in [0.1, 0.15) is 12.6 Å². The Hall–Kier alpha value is -1.39. The fourth-order valence-corrected chi connectivity index (χ4v) is 4.48. The number of aliphatic hydroxyl groups is 1. The molecule has 1 N–H and O–H groups in total. The summed E-state index contributed by atoms with van der Waals surface area (Å²) in [6, 6.07) is 8.19. The number of quaternary nitrogens is 1. The van der Waals surface area contributed by atoms with Crippen LogP contribution in [0.4, 0.5) is 0 Å². The third-order valence-electron chi connectivity index (χ3n) is 6.24. The lowest BCUT2D eigenvalue weighted by atomic mass is 9.81. The Bertz CT molecular complexity index is 593. The van der Waals surface area contributed by atoms with Gasteiger partial charge in [-0.3, -0.25) is 0 Å². The number of likely N-dealkylation sites (N-methyl/N-ethyl adjacent to an activating group) is 1. The summed E-state index contributed by atoms with van der Waals surface area (Å²) < 4.78 is 6.41. The first kappa shape index (κ1) is 18.4. The number of nitrogens with zero attached hydrogens (tertiary/aromatic N) is 1. The molecule has 1 heterocycles. The van der Waals surface area contributed by atoms with E-state index in [-0.39, 0.29) is 0 Å². The van der Waals surface area contributed by atoms with Gasteiger partial charge in [0.2, 0.25) is 0 Å². The van der Waals surface area contributed by atoms with E-state index in [2.05, 4.69) is 20.2 Å². The van der Waals surface area contributed by atoms with Gasteiger partial charge in [-0.15, -0.1) is 0 Å². The highest BCUT2D eigenvalue weighted by atomic mass is 16.5. The number of carbonyl (C=O) groups is 1. The molecule has 138 valence electrons. The topological polar surface area (TPSA) is 46.5 Å². The van der Waals surface area contributed by atoms with E-state index in [1.807, 2.05) is 18.2 Å². The van der Waals surface area contributed by atoms with Gasteiger partial charge in [-0.1, -0.05) is 43.5 Å². The van der Waals surface area contributed by atoms with E-state index in [1.165, 1.54) is 25.7 Å². The van der Waals surface area contributed by atoms with Crippen LogP contribution in [0.3, 0.4) is 0 Å². The van der Waals surface area contributed by atoms with Crippen LogP contribution in [0.1, 0.15) is 68.1 Å². The second-order valence-electron chi connectivity index (χ2n) is 8.29. The maximum absolute atomic E-state index is 12.5. The Morgan fingerprint density at radius 2 is 1.88 bits per heavy atom. The SMILES string of the molecule is C[N+]1(C)CCCC1COC(=O)C(O)c1ccccc1C1CCCCC1. The molecule has 0 bridgehead atoms. The Morgan fingerprint density at radius 3 is 2.56 bits per heavy atom. The lowest BCUT2D eigenvalue weighted by molar-refractivity contribution is -0.902. The van der Waals surface area contributed by atoms with Crippen molar-refractivity contribution >= 4 is 5.97 Å². The molecule has 1 aliphatic heterocycles. The summed E-state index contributed by atoms with van der Waals surface area (Å²) in [6.07, 6.45) is 7.12. The van der Waals surface area contributed by atoms with Crippen molar-refractivity contribution in [3.8, 4) is 0 Å². The van der Waals surface area contributed by atoms with Crippen molar-refractivity contribution in [1.29, 1.82) is 0 Å². The maximum Gasteiger partial charge on any atom is 0.339 e. The van der Waals surface area contributed by atoms with Gasteiger partial charge in [0, 0.05) is 12.8 Å². The number of likely N-dealkylation sites (tertiary alicyclic amines) is 1. The Kier molecular flexibility index (Phi) is 5.80. The van der Waals surface area contributed by atoms with Gasteiger partial charge in [0.25, 0.3) is 0 Å². The number of aliphatic hydroxyl groups excluding tert-OH is 1. The summed E-state index contributed by atoms with van der Waals surface area (Å²) in [6.45, 7) is 1.52. The molecule has 1 saturated carbocycles. The van der Waals surface area contributed by atoms with Crippen LogP contribution in [-0.2, 0) is 9.53 Å². The molecule has 25 heavy (non-hydrogen) atoms. The molecule has 4 nitrogen and oxygen atoms in total. The number of benzene rings is 1. The monoisotopic (exact) mass is 346 g/mol. The van der Waals surface area contributed by atoms with Crippen LogP contribution in [0.15, 0.2) is 24.3 Å². The van der Waals surface area contributed by atoms with Gasteiger partial charge in [-0.2, -0.15) is 0 Å². The summed E-state index contributed by atoms with van der Waals surface area (Å²) in [5, 5.41) is 10.6. The first-order valence-corrected chi connectivity index (χ1v) is 9.75.